The summed E-state index contributed by atoms with van der Waals surface area (Å²) in [4.78, 5) is 11.2. The number of nitrogens with two attached hydrogens (primary N) is 1. The maximum atomic E-state index is 13.8. The van der Waals surface area contributed by atoms with E-state index in [1.165, 1.54) is 12.1 Å². The first kappa shape index (κ1) is 13.7. The van der Waals surface area contributed by atoms with Gasteiger partial charge in [0.1, 0.15) is 0 Å². The number of esters is 1. The normalized spacial score (nSPS) is 16.6. The molecule has 19 heavy (non-hydrogen) atoms. The number of nitrogens with one attached hydrogen (secondary N) is 1. The van der Waals surface area contributed by atoms with E-state index in [4.69, 9.17) is 5.73 Å². The molecule has 1 aliphatic rings. The second kappa shape index (κ2) is 5.13. The summed E-state index contributed by atoms with van der Waals surface area (Å²) in [6, 6.07) is 2.50. The van der Waals surface area contributed by atoms with Crippen molar-refractivity contribution in [2.45, 2.75) is 24.8 Å². The number of methoxy groups -OCH3 is 1. The smallest absolute Gasteiger partial charge is 0.340 e. The second-order valence-corrected chi connectivity index (χ2v) is 4.85. The van der Waals surface area contributed by atoms with E-state index in [1.807, 2.05) is 0 Å². The van der Waals surface area contributed by atoms with Gasteiger partial charge in [-0.1, -0.05) is 0 Å². The Morgan fingerprint density at radius 2 is 2.11 bits per heavy atom. The summed E-state index contributed by atoms with van der Waals surface area (Å²) in [6.45, 7) is 0.376. The zero-order valence-electron chi connectivity index (χ0n) is 10.6. The van der Waals surface area contributed by atoms with E-state index in [0.717, 1.165) is 26.4 Å². The highest BCUT2D eigenvalue weighted by Gasteiger charge is 2.32. The zero-order chi connectivity index (χ0) is 14.0. The van der Waals surface area contributed by atoms with E-state index in [2.05, 4.69) is 10.1 Å². The Morgan fingerprint density at radius 1 is 1.42 bits per heavy atom. The molecule has 0 unspecified atom stereocenters. The van der Waals surface area contributed by atoms with Gasteiger partial charge in [-0.3, -0.25) is 0 Å². The van der Waals surface area contributed by atoms with Gasteiger partial charge in [-0.05, 0) is 31.4 Å². The number of hydrogen-bond donors (Lipinski definition) is 2. The van der Waals surface area contributed by atoms with Crippen LogP contribution < -0.4 is 11.1 Å². The van der Waals surface area contributed by atoms with Crippen molar-refractivity contribution < 1.29 is 18.3 Å². The van der Waals surface area contributed by atoms with Crippen LogP contribution in [0.5, 0.6) is 0 Å². The minimum atomic E-state index is -1.21. The summed E-state index contributed by atoms with van der Waals surface area (Å²) < 4.78 is 31.8. The largest absolute Gasteiger partial charge is 0.465 e. The fourth-order valence-corrected chi connectivity index (χ4v) is 2.03. The van der Waals surface area contributed by atoms with Crippen molar-refractivity contribution in [1.82, 2.24) is 0 Å². The van der Waals surface area contributed by atoms with Crippen molar-refractivity contribution in [3.05, 3.63) is 29.3 Å². The lowest BCUT2D eigenvalue weighted by Gasteiger charge is -2.38. The predicted molar refractivity (Wildman–Crippen MR) is 67.0 cm³/mol. The molecule has 1 saturated carbocycles. The molecule has 104 valence electrons. The summed E-state index contributed by atoms with van der Waals surface area (Å²) in [7, 11) is 1.11. The van der Waals surface area contributed by atoms with Crippen LogP contribution in [0.2, 0.25) is 0 Å². The molecular weight excluding hydrogens is 254 g/mol. The van der Waals surface area contributed by atoms with Crippen LogP contribution in [-0.2, 0) is 4.74 Å². The van der Waals surface area contributed by atoms with E-state index < -0.39 is 23.2 Å². The third-order valence-corrected chi connectivity index (χ3v) is 3.47. The molecule has 1 fully saturated rings. The van der Waals surface area contributed by atoms with Gasteiger partial charge in [-0.15, -0.1) is 0 Å². The van der Waals surface area contributed by atoms with Crippen molar-refractivity contribution in [1.29, 1.82) is 0 Å². The Kier molecular flexibility index (Phi) is 3.71. The number of carbonyl (C=O) groups excluding carboxylic acids is 1. The Morgan fingerprint density at radius 3 is 2.63 bits per heavy atom. The van der Waals surface area contributed by atoms with Crippen LogP contribution >= 0.6 is 0 Å². The maximum absolute atomic E-state index is 13.8. The minimum absolute atomic E-state index is 0.00174. The van der Waals surface area contributed by atoms with Crippen LogP contribution in [0.25, 0.3) is 0 Å². The third-order valence-electron chi connectivity index (χ3n) is 3.47. The molecule has 1 aromatic carbocycles. The monoisotopic (exact) mass is 270 g/mol. The summed E-state index contributed by atoms with van der Waals surface area (Å²) >= 11 is 0. The molecular formula is C13H16F2N2O2. The minimum Gasteiger partial charge on any atom is -0.465 e. The van der Waals surface area contributed by atoms with Crippen molar-refractivity contribution >= 4 is 11.7 Å². The third kappa shape index (κ3) is 2.68. The molecule has 0 spiro atoms. The van der Waals surface area contributed by atoms with Gasteiger partial charge in [0.05, 0.1) is 18.4 Å². The van der Waals surface area contributed by atoms with Gasteiger partial charge in [-0.25, -0.2) is 13.6 Å². The van der Waals surface area contributed by atoms with Gasteiger partial charge in [0.2, 0.25) is 0 Å². The van der Waals surface area contributed by atoms with Gasteiger partial charge in [0.15, 0.2) is 11.6 Å². The number of ether oxygens (including phenoxy) is 1. The maximum Gasteiger partial charge on any atom is 0.340 e. The lowest BCUT2D eigenvalue weighted by molar-refractivity contribution is 0.0594. The summed E-state index contributed by atoms with van der Waals surface area (Å²) in [6.07, 6.45) is 2.78. The van der Waals surface area contributed by atoms with E-state index in [9.17, 15) is 13.6 Å². The van der Waals surface area contributed by atoms with Crippen LogP contribution in [0.15, 0.2) is 12.1 Å². The molecule has 0 aliphatic heterocycles. The molecule has 3 N–H and O–H groups in total. The van der Waals surface area contributed by atoms with Crippen molar-refractivity contribution in [3.63, 3.8) is 0 Å². The molecule has 4 nitrogen and oxygen atoms in total. The highest BCUT2D eigenvalue weighted by atomic mass is 19.2. The average molecular weight is 270 g/mol. The number of halogens is 2. The first-order valence-electron chi connectivity index (χ1n) is 6.06. The lowest BCUT2D eigenvalue weighted by Crippen LogP contribution is -2.52. The Balaban J connectivity index is 2.14. The van der Waals surface area contributed by atoms with E-state index >= 15 is 0 Å². The summed E-state index contributed by atoms with van der Waals surface area (Å²) in [5.74, 6) is -3.21. The van der Waals surface area contributed by atoms with Crippen LogP contribution in [0, 0.1) is 11.6 Å². The molecule has 2 rings (SSSR count). The molecule has 1 aromatic rings. The topological polar surface area (TPSA) is 64.3 Å². The molecule has 0 saturated heterocycles. The standard InChI is InChI=1S/C13H16F2N2O2/c1-19-12(18)8-3-4-9(11(15)10(8)14)17-7-13(16)5-2-6-13/h3-4,17H,2,5-7,16H2,1H3. The molecule has 0 radical (unpaired) electrons. The second-order valence-electron chi connectivity index (χ2n) is 4.85. The molecule has 0 heterocycles. The molecule has 6 heteroatoms. The molecule has 1 aliphatic carbocycles. The summed E-state index contributed by atoms with van der Waals surface area (Å²) in [5, 5.41) is 2.79. The SMILES string of the molecule is COC(=O)c1ccc(NCC2(N)CCC2)c(F)c1F. The Bertz CT molecular complexity index is 502. The average Bonchev–Trinajstić information content (AvgIpc) is 2.37. The quantitative estimate of drug-likeness (QED) is 0.822. The Labute approximate surface area is 109 Å². The van der Waals surface area contributed by atoms with Crippen molar-refractivity contribution in [2.75, 3.05) is 19.0 Å². The fraction of sp³-hybridized carbons (Fsp3) is 0.462. The van der Waals surface area contributed by atoms with Gasteiger partial charge in [0.25, 0.3) is 0 Å². The van der Waals surface area contributed by atoms with Crippen molar-refractivity contribution in [2.24, 2.45) is 5.73 Å². The number of carbonyl (C=O) groups is 1. The zero-order valence-corrected chi connectivity index (χ0v) is 10.6. The highest BCUT2D eigenvalue weighted by Crippen LogP contribution is 2.30. The molecule has 0 aromatic heterocycles. The first-order chi connectivity index (χ1) is 8.97. The predicted octanol–water partition coefficient (Wildman–Crippen LogP) is 2.04. The number of anilines is 1. The van der Waals surface area contributed by atoms with Gasteiger partial charge < -0.3 is 15.8 Å². The lowest BCUT2D eigenvalue weighted by atomic mass is 9.78. The van der Waals surface area contributed by atoms with Crippen LogP contribution in [-0.4, -0.2) is 25.2 Å². The van der Waals surface area contributed by atoms with Crippen LogP contribution in [0.3, 0.4) is 0 Å². The molecule has 0 atom stereocenters. The number of hydrogen-bond acceptors (Lipinski definition) is 4. The van der Waals surface area contributed by atoms with Crippen LogP contribution in [0.4, 0.5) is 14.5 Å². The highest BCUT2D eigenvalue weighted by molar-refractivity contribution is 5.90. The number of rotatable bonds is 4. The van der Waals surface area contributed by atoms with E-state index in [0.29, 0.717) is 6.54 Å². The van der Waals surface area contributed by atoms with Crippen molar-refractivity contribution in [3.8, 4) is 0 Å². The summed E-state index contributed by atoms with van der Waals surface area (Å²) in [5.41, 5.74) is 5.22. The first-order valence-corrected chi connectivity index (χ1v) is 6.06. The fourth-order valence-electron chi connectivity index (χ4n) is 2.03. The van der Waals surface area contributed by atoms with Crippen LogP contribution in [0.1, 0.15) is 29.6 Å². The molecule has 0 bridgehead atoms. The molecule has 0 amide bonds. The Hall–Kier alpha value is -1.69. The van der Waals surface area contributed by atoms with Gasteiger partial charge in [-0.2, -0.15) is 0 Å². The van der Waals surface area contributed by atoms with Gasteiger partial charge in [0, 0.05) is 12.1 Å². The number of benzene rings is 1. The van der Waals surface area contributed by atoms with Gasteiger partial charge >= 0.3 is 5.97 Å². The van der Waals surface area contributed by atoms with E-state index in [-0.39, 0.29) is 11.2 Å². The van der Waals surface area contributed by atoms with E-state index in [1.54, 1.807) is 0 Å².